The number of para-hydroxylation sites is 1. The summed E-state index contributed by atoms with van der Waals surface area (Å²) >= 11 is 0. The minimum Gasteiger partial charge on any atom is -0.325 e. The molecular formula is C11H11FN4. The highest BCUT2D eigenvalue weighted by Gasteiger charge is 2.12. The molecule has 16 heavy (non-hydrogen) atoms. The molecule has 0 unspecified atom stereocenters. The van der Waals surface area contributed by atoms with Crippen LogP contribution >= 0.6 is 0 Å². The average Bonchev–Trinajstić information content (AvgIpc) is 2.78. The summed E-state index contributed by atoms with van der Waals surface area (Å²) in [5.74, 6) is 0.413. The molecule has 0 aliphatic rings. The SMILES string of the molecule is Cn1c(CN)cn2c3cccc(F)c3nc12. The number of nitrogens with two attached hydrogens (primary N) is 1. The zero-order valence-electron chi connectivity index (χ0n) is 8.81. The molecule has 0 fully saturated rings. The Morgan fingerprint density at radius 3 is 3.00 bits per heavy atom. The van der Waals surface area contributed by atoms with Crippen LogP contribution in [-0.4, -0.2) is 14.0 Å². The Kier molecular flexibility index (Phi) is 1.79. The lowest BCUT2D eigenvalue weighted by molar-refractivity contribution is 0.637. The third kappa shape index (κ3) is 1.03. The molecule has 0 spiro atoms. The van der Waals surface area contributed by atoms with Crippen LogP contribution in [0.2, 0.25) is 0 Å². The molecule has 0 atom stereocenters. The molecule has 2 aromatic heterocycles. The standard InChI is InChI=1S/C11H11FN4/c1-15-7(5-13)6-16-9-4-2-3-8(12)10(9)14-11(15)16/h2-4,6H,5,13H2,1H3. The number of imidazole rings is 2. The first-order valence-corrected chi connectivity index (χ1v) is 5.03. The van der Waals surface area contributed by atoms with E-state index in [2.05, 4.69) is 4.98 Å². The van der Waals surface area contributed by atoms with Crippen molar-refractivity contribution in [1.29, 1.82) is 0 Å². The highest BCUT2D eigenvalue weighted by Crippen LogP contribution is 2.20. The van der Waals surface area contributed by atoms with Crippen molar-refractivity contribution in [3.63, 3.8) is 0 Å². The maximum atomic E-state index is 13.5. The molecule has 3 rings (SSSR count). The van der Waals surface area contributed by atoms with Crippen LogP contribution in [0.5, 0.6) is 0 Å². The number of aromatic nitrogens is 3. The molecule has 2 N–H and O–H groups in total. The summed E-state index contributed by atoms with van der Waals surface area (Å²) in [6.07, 6.45) is 1.89. The normalized spacial score (nSPS) is 11.7. The molecule has 0 aliphatic heterocycles. The van der Waals surface area contributed by atoms with E-state index in [-0.39, 0.29) is 5.82 Å². The number of aryl methyl sites for hydroxylation is 1. The van der Waals surface area contributed by atoms with Crippen LogP contribution in [0.15, 0.2) is 24.4 Å². The molecule has 0 saturated heterocycles. The average molecular weight is 218 g/mol. The first-order valence-electron chi connectivity index (χ1n) is 5.03. The van der Waals surface area contributed by atoms with E-state index in [1.165, 1.54) is 6.07 Å². The summed E-state index contributed by atoms with van der Waals surface area (Å²) in [5.41, 5.74) is 7.75. The molecule has 0 saturated carbocycles. The number of halogens is 1. The van der Waals surface area contributed by atoms with Gasteiger partial charge in [0.25, 0.3) is 0 Å². The highest BCUT2D eigenvalue weighted by atomic mass is 19.1. The van der Waals surface area contributed by atoms with E-state index in [1.54, 1.807) is 6.07 Å². The lowest BCUT2D eigenvalue weighted by atomic mass is 10.3. The number of hydrogen-bond donors (Lipinski definition) is 1. The molecule has 0 radical (unpaired) electrons. The number of nitrogens with zero attached hydrogens (tertiary/aromatic N) is 3. The van der Waals surface area contributed by atoms with Gasteiger partial charge < -0.3 is 10.3 Å². The molecule has 82 valence electrons. The number of benzene rings is 1. The summed E-state index contributed by atoms with van der Waals surface area (Å²) in [7, 11) is 1.88. The number of rotatable bonds is 1. The van der Waals surface area contributed by atoms with Gasteiger partial charge in [0, 0.05) is 19.8 Å². The predicted molar refractivity (Wildman–Crippen MR) is 59.5 cm³/mol. The Morgan fingerprint density at radius 2 is 2.25 bits per heavy atom. The molecule has 0 bridgehead atoms. The second kappa shape index (κ2) is 3.05. The van der Waals surface area contributed by atoms with Crippen LogP contribution in [0.1, 0.15) is 5.69 Å². The summed E-state index contributed by atoms with van der Waals surface area (Å²) in [6.45, 7) is 0.441. The van der Waals surface area contributed by atoms with Crippen molar-refractivity contribution in [2.75, 3.05) is 0 Å². The van der Waals surface area contributed by atoms with Crippen LogP contribution in [0, 0.1) is 5.82 Å². The van der Waals surface area contributed by atoms with Gasteiger partial charge in [-0.1, -0.05) is 6.07 Å². The van der Waals surface area contributed by atoms with Gasteiger partial charge in [-0.3, -0.25) is 4.40 Å². The Morgan fingerprint density at radius 1 is 1.44 bits per heavy atom. The van der Waals surface area contributed by atoms with E-state index in [9.17, 15) is 4.39 Å². The smallest absolute Gasteiger partial charge is 0.215 e. The van der Waals surface area contributed by atoms with Crippen molar-refractivity contribution in [3.05, 3.63) is 35.9 Å². The van der Waals surface area contributed by atoms with Gasteiger partial charge in [0.05, 0.1) is 11.2 Å². The van der Waals surface area contributed by atoms with Gasteiger partial charge >= 0.3 is 0 Å². The molecule has 0 aliphatic carbocycles. The van der Waals surface area contributed by atoms with E-state index in [4.69, 9.17) is 5.73 Å². The molecule has 1 aromatic carbocycles. The van der Waals surface area contributed by atoms with Gasteiger partial charge in [0.2, 0.25) is 5.78 Å². The minimum absolute atomic E-state index is 0.296. The first kappa shape index (κ1) is 9.35. The van der Waals surface area contributed by atoms with Crippen molar-refractivity contribution in [2.24, 2.45) is 12.8 Å². The van der Waals surface area contributed by atoms with Gasteiger partial charge in [0.15, 0.2) is 5.82 Å². The molecule has 3 aromatic rings. The first-order chi connectivity index (χ1) is 7.72. The highest BCUT2D eigenvalue weighted by molar-refractivity contribution is 5.80. The van der Waals surface area contributed by atoms with Gasteiger partial charge in [-0.25, -0.2) is 9.37 Å². The monoisotopic (exact) mass is 218 g/mol. The molecule has 2 heterocycles. The Bertz CT molecular complexity index is 680. The maximum absolute atomic E-state index is 13.5. The second-order valence-corrected chi connectivity index (χ2v) is 3.77. The lowest BCUT2D eigenvalue weighted by Crippen LogP contribution is -2.03. The van der Waals surface area contributed by atoms with Crippen molar-refractivity contribution in [3.8, 4) is 0 Å². The van der Waals surface area contributed by atoms with Gasteiger partial charge in [0.1, 0.15) is 5.52 Å². The molecule has 0 amide bonds. The predicted octanol–water partition coefficient (Wildman–Crippen LogP) is 1.42. The summed E-state index contributed by atoms with van der Waals surface area (Å²) in [5, 5.41) is 0. The van der Waals surface area contributed by atoms with Gasteiger partial charge in [-0.2, -0.15) is 0 Å². The molecular weight excluding hydrogens is 207 g/mol. The quantitative estimate of drug-likeness (QED) is 0.671. The van der Waals surface area contributed by atoms with Crippen LogP contribution < -0.4 is 5.73 Å². The second-order valence-electron chi connectivity index (χ2n) is 3.77. The van der Waals surface area contributed by atoms with Crippen LogP contribution in [-0.2, 0) is 13.6 Å². The lowest BCUT2D eigenvalue weighted by Gasteiger charge is -1.96. The Labute approximate surface area is 91.1 Å². The van der Waals surface area contributed by atoms with E-state index in [0.29, 0.717) is 17.8 Å². The minimum atomic E-state index is -0.296. The van der Waals surface area contributed by atoms with Crippen molar-refractivity contribution in [2.45, 2.75) is 6.54 Å². The third-order valence-electron chi connectivity index (χ3n) is 2.87. The number of fused-ring (bicyclic) bond motifs is 3. The van der Waals surface area contributed by atoms with Crippen molar-refractivity contribution < 1.29 is 4.39 Å². The largest absolute Gasteiger partial charge is 0.325 e. The topological polar surface area (TPSA) is 48.2 Å². The fraction of sp³-hybridized carbons (Fsp3) is 0.182. The van der Waals surface area contributed by atoms with E-state index in [1.807, 2.05) is 28.3 Å². The van der Waals surface area contributed by atoms with E-state index >= 15 is 0 Å². The van der Waals surface area contributed by atoms with Gasteiger partial charge in [-0.05, 0) is 12.1 Å². The Balaban J connectivity index is 2.50. The summed E-state index contributed by atoms with van der Waals surface area (Å²) < 4.78 is 17.2. The zero-order valence-corrected chi connectivity index (χ0v) is 8.81. The van der Waals surface area contributed by atoms with Crippen LogP contribution in [0.4, 0.5) is 4.39 Å². The van der Waals surface area contributed by atoms with Crippen LogP contribution in [0.25, 0.3) is 16.8 Å². The summed E-state index contributed by atoms with van der Waals surface area (Å²) in [4.78, 5) is 4.28. The van der Waals surface area contributed by atoms with Crippen molar-refractivity contribution >= 4 is 16.8 Å². The molecule has 5 heteroatoms. The van der Waals surface area contributed by atoms with Crippen molar-refractivity contribution in [1.82, 2.24) is 14.0 Å². The fourth-order valence-electron chi connectivity index (χ4n) is 1.99. The van der Waals surface area contributed by atoms with Crippen LogP contribution in [0.3, 0.4) is 0 Å². The van der Waals surface area contributed by atoms with E-state index in [0.717, 1.165) is 11.2 Å². The zero-order chi connectivity index (χ0) is 11.3. The van der Waals surface area contributed by atoms with E-state index < -0.39 is 0 Å². The Hall–Kier alpha value is -1.88. The molecule has 4 nitrogen and oxygen atoms in total. The van der Waals surface area contributed by atoms with Gasteiger partial charge in [-0.15, -0.1) is 0 Å². The third-order valence-corrected chi connectivity index (χ3v) is 2.87. The maximum Gasteiger partial charge on any atom is 0.215 e. The summed E-state index contributed by atoms with van der Waals surface area (Å²) in [6, 6.07) is 4.94. The fourth-order valence-corrected chi connectivity index (χ4v) is 1.99. The number of hydrogen-bond acceptors (Lipinski definition) is 2.